The fraction of sp³-hybridized carbons (Fsp3) is 0.217. The van der Waals surface area contributed by atoms with E-state index >= 15 is 0 Å². The van der Waals surface area contributed by atoms with Crippen LogP contribution in [0.3, 0.4) is 0 Å². The van der Waals surface area contributed by atoms with Gasteiger partial charge < -0.3 is 10.1 Å². The zero-order chi connectivity index (χ0) is 20.0. The van der Waals surface area contributed by atoms with Gasteiger partial charge in [-0.3, -0.25) is 4.79 Å². The zero-order valence-electron chi connectivity index (χ0n) is 16.5. The van der Waals surface area contributed by atoms with Crippen LogP contribution in [0.25, 0.3) is 28.3 Å². The summed E-state index contributed by atoms with van der Waals surface area (Å²) >= 11 is 0. The third kappa shape index (κ3) is 2.71. The van der Waals surface area contributed by atoms with Crippen LogP contribution in [0.2, 0.25) is 0 Å². The van der Waals surface area contributed by atoms with Gasteiger partial charge in [0.05, 0.1) is 24.2 Å². The van der Waals surface area contributed by atoms with Crippen LogP contribution in [0.5, 0.6) is 5.75 Å². The summed E-state index contributed by atoms with van der Waals surface area (Å²) in [7, 11) is 1.65. The van der Waals surface area contributed by atoms with E-state index in [2.05, 4.69) is 5.32 Å². The standard InChI is InChI=1S/C23H22N4O2/c1-15-21(16-10-12-18(29-2)13-11-16)25-22-20(19-9-6-14-24-19)23(28)27(26(15)22)17-7-4-3-5-8-17/h3-5,7-8,10-13,24H,6,9,14H2,1-2H3. The van der Waals surface area contributed by atoms with Gasteiger partial charge in [-0.05, 0) is 56.2 Å². The van der Waals surface area contributed by atoms with Crippen LogP contribution < -0.4 is 20.8 Å². The Labute approximate surface area is 168 Å². The van der Waals surface area contributed by atoms with Crippen LogP contribution in [0.4, 0.5) is 0 Å². The Hall–Kier alpha value is -3.54. The minimum absolute atomic E-state index is 0.0347. The number of nitrogens with one attached hydrogen (secondary N) is 1. The van der Waals surface area contributed by atoms with Crippen molar-refractivity contribution in [2.45, 2.75) is 19.8 Å². The van der Waals surface area contributed by atoms with Gasteiger partial charge in [-0.15, -0.1) is 0 Å². The van der Waals surface area contributed by atoms with Crippen molar-refractivity contribution in [3.8, 4) is 22.7 Å². The molecule has 2 aromatic heterocycles. The summed E-state index contributed by atoms with van der Waals surface area (Å²) in [4.78, 5) is 18.4. The summed E-state index contributed by atoms with van der Waals surface area (Å²) in [6.07, 6.45) is 1.90. The second-order valence-corrected chi connectivity index (χ2v) is 7.25. The number of aryl methyl sites for hydroxylation is 1. The SMILES string of the molecule is COc1ccc(-c2nc3c(=C4CCCN4)c(=O)n(-c4ccccc4)n3c2C)cc1. The Balaban J connectivity index is 1.85. The maximum atomic E-state index is 13.4. The molecule has 5 rings (SSSR count). The lowest BCUT2D eigenvalue weighted by Gasteiger charge is -2.06. The molecule has 6 heteroatoms. The summed E-state index contributed by atoms with van der Waals surface area (Å²) in [5, 5.41) is 4.06. The van der Waals surface area contributed by atoms with Crippen LogP contribution in [-0.4, -0.2) is 27.8 Å². The highest BCUT2D eigenvalue weighted by atomic mass is 16.5. The number of ether oxygens (including phenoxy) is 1. The van der Waals surface area contributed by atoms with Crippen molar-refractivity contribution in [2.24, 2.45) is 0 Å². The number of para-hydroxylation sites is 1. The van der Waals surface area contributed by atoms with Crippen molar-refractivity contribution in [1.82, 2.24) is 19.5 Å². The predicted molar refractivity (Wildman–Crippen MR) is 113 cm³/mol. The Bertz CT molecular complexity index is 1290. The van der Waals surface area contributed by atoms with E-state index in [1.807, 2.05) is 66.0 Å². The average molecular weight is 386 g/mol. The van der Waals surface area contributed by atoms with Gasteiger partial charge in [0.1, 0.15) is 11.0 Å². The lowest BCUT2D eigenvalue weighted by Crippen LogP contribution is -2.32. The topological polar surface area (TPSA) is 60.6 Å². The second kappa shape index (κ2) is 6.81. The summed E-state index contributed by atoms with van der Waals surface area (Å²) in [6, 6.07) is 17.6. The van der Waals surface area contributed by atoms with Gasteiger partial charge in [0.15, 0.2) is 5.65 Å². The molecule has 1 aliphatic rings. The number of rotatable bonds is 3. The lowest BCUT2D eigenvalue weighted by atomic mass is 10.1. The van der Waals surface area contributed by atoms with Gasteiger partial charge in [0, 0.05) is 17.8 Å². The first-order chi connectivity index (χ1) is 14.2. The maximum absolute atomic E-state index is 13.4. The molecule has 29 heavy (non-hydrogen) atoms. The normalized spacial score (nSPS) is 15.7. The summed E-state index contributed by atoms with van der Waals surface area (Å²) in [5.41, 5.74) is 5.27. The second-order valence-electron chi connectivity index (χ2n) is 7.25. The molecule has 0 aliphatic carbocycles. The first kappa shape index (κ1) is 17.6. The van der Waals surface area contributed by atoms with Crippen LogP contribution in [-0.2, 0) is 0 Å². The Kier molecular flexibility index (Phi) is 4.12. The number of benzene rings is 2. The molecule has 4 aromatic rings. The van der Waals surface area contributed by atoms with Gasteiger partial charge in [-0.1, -0.05) is 18.2 Å². The quantitative estimate of drug-likeness (QED) is 0.588. The molecule has 0 bridgehead atoms. The highest BCUT2D eigenvalue weighted by Gasteiger charge is 2.22. The highest BCUT2D eigenvalue weighted by Crippen LogP contribution is 2.26. The molecule has 3 heterocycles. The number of hydrogen-bond acceptors (Lipinski definition) is 4. The van der Waals surface area contributed by atoms with Crippen molar-refractivity contribution in [3.05, 3.63) is 75.9 Å². The van der Waals surface area contributed by atoms with Gasteiger partial charge in [0.2, 0.25) is 0 Å². The van der Waals surface area contributed by atoms with Crippen molar-refractivity contribution in [3.63, 3.8) is 0 Å². The minimum atomic E-state index is -0.0347. The highest BCUT2D eigenvalue weighted by molar-refractivity contribution is 5.69. The Morgan fingerprint density at radius 2 is 1.83 bits per heavy atom. The molecule has 6 nitrogen and oxygen atoms in total. The van der Waals surface area contributed by atoms with Crippen LogP contribution in [0.15, 0.2) is 59.4 Å². The monoisotopic (exact) mass is 386 g/mol. The number of aromatic nitrogens is 3. The molecule has 1 N–H and O–H groups in total. The number of nitrogens with zero attached hydrogens (tertiary/aromatic N) is 3. The molecule has 0 amide bonds. The molecule has 146 valence electrons. The van der Waals surface area contributed by atoms with Gasteiger partial charge in [-0.25, -0.2) is 14.2 Å². The van der Waals surface area contributed by atoms with Crippen molar-refractivity contribution >= 4 is 11.3 Å². The minimum Gasteiger partial charge on any atom is -0.497 e. The number of hydrogen-bond donors (Lipinski definition) is 1. The molecular formula is C23H22N4O2. The molecule has 0 atom stereocenters. The molecule has 0 radical (unpaired) electrons. The van der Waals surface area contributed by atoms with Crippen LogP contribution in [0.1, 0.15) is 18.5 Å². The van der Waals surface area contributed by atoms with E-state index in [-0.39, 0.29) is 5.56 Å². The fourth-order valence-corrected chi connectivity index (χ4v) is 4.09. The molecule has 2 aromatic carbocycles. The van der Waals surface area contributed by atoms with Gasteiger partial charge in [-0.2, -0.15) is 0 Å². The van der Waals surface area contributed by atoms with Crippen LogP contribution in [0, 0.1) is 6.92 Å². The van der Waals surface area contributed by atoms with E-state index < -0.39 is 0 Å². The third-order valence-electron chi connectivity index (χ3n) is 5.52. The first-order valence-electron chi connectivity index (χ1n) is 9.80. The van der Waals surface area contributed by atoms with E-state index in [4.69, 9.17) is 9.72 Å². The van der Waals surface area contributed by atoms with Gasteiger partial charge in [0.25, 0.3) is 5.56 Å². The number of methoxy groups -OCH3 is 1. The molecule has 0 spiro atoms. The van der Waals surface area contributed by atoms with Gasteiger partial charge >= 0.3 is 0 Å². The fourth-order valence-electron chi connectivity index (χ4n) is 4.09. The molecular weight excluding hydrogens is 364 g/mol. The van der Waals surface area contributed by atoms with E-state index in [1.54, 1.807) is 11.8 Å². The smallest absolute Gasteiger partial charge is 0.283 e. The van der Waals surface area contributed by atoms with Crippen molar-refractivity contribution in [1.29, 1.82) is 0 Å². The molecule has 1 aliphatic heterocycles. The molecule has 0 unspecified atom stereocenters. The van der Waals surface area contributed by atoms with E-state index in [1.165, 1.54) is 0 Å². The molecule has 0 saturated carbocycles. The van der Waals surface area contributed by atoms with Crippen LogP contribution >= 0.6 is 0 Å². The Morgan fingerprint density at radius 1 is 1.07 bits per heavy atom. The summed E-state index contributed by atoms with van der Waals surface area (Å²) in [5.74, 6) is 0.803. The van der Waals surface area contributed by atoms with Crippen molar-refractivity contribution < 1.29 is 4.74 Å². The maximum Gasteiger partial charge on any atom is 0.283 e. The lowest BCUT2D eigenvalue weighted by molar-refractivity contribution is 0.415. The molecule has 1 saturated heterocycles. The predicted octanol–water partition coefficient (Wildman–Crippen LogP) is 2.68. The van der Waals surface area contributed by atoms with E-state index in [9.17, 15) is 4.79 Å². The largest absolute Gasteiger partial charge is 0.497 e. The number of fused-ring (bicyclic) bond motifs is 1. The summed E-state index contributed by atoms with van der Waals surface area (Å²) < 4.78 is 8.95. The third-order valence-corrected chi connectivity index (χ3v) is 5.52. The van der Waals surface area contributed by atoms with E-state index in [0.29, 0.717) is 10.9 Å². The zero-order valence-corrected chi connectivity index (χ0v) is 16.5. The van der Waals surface area contributed by atoms with Crippen molar-refractivity contribution in [2.75, 3.05) is 13.7 Å². The summed E-state index contributed by atoms with van der Waals surface area (Å²) in [6.45, 7) is 2.90. The Morgan fingerprint density at radius 3 is 2.48 bits per heavy atom. The molecule has 1 fully saturated rings. The van der Waals surface area contributed by atoms with E-state index in [0.717, 1.165) is 53.5 Å². The number of imidazole rings is 1. The first-order valence-corrected chi connectivity index (χ1v) is 9.80. The average Bonchev–Trinajstić information content (AvgIpc) is 3.45.